The number of unbranched alkanes of at least 4 members (excludes halogenated alkanes) is 3. The number of pyridine rings is 1. The molecule has 0 unspecified atom stereocenters. The van der Waals surface area contributed by atoms with Crippen molar-refractivity contribution in [2.45, 2.75) is 32.6 Å². The molecule has 102 valence electrons. The third kappa shape index (κ3) is 3.23. The van der Waals surface area contributed by atoms with Crippen LogP contribution in [0.3, 0.4) is 0 Å². The largest absolute Gasteiger partial charge is 0.397 e. The Kier molecular flexibility index (Phi) is 4.74. The number of nitrogen functional groups attached to an aromatic ring is 1. The van der Waals surface area contributed by atoms with Crippen molar-refractivity contribution in [3.05, 3.63) is 23.3 Å². The van der Waals surface area contributed by atoms with E-state index in [1.807, 2.05) is 6.07 Å². The van der Waals surface area contributed by atoms with E-state index >= 15 is 0 Å². The number of thiophene rings is 1. The molecule has 19 heavy (non-hydrogen) atoms. The Morgan fingerprint density at radius 3 is 3.00 bits per heavy atom. The molecule has 2 rings (SSSR count). The highest BCUT2D eigenvalue weighted by molar-refractivity contribution is 7.21. The lowest BCUT2D eigenvalue weighted by Crippen LogP contribution is -2.24. The summed E-state index contributed by atoms with van der Waals surface area (Å²) < 4.78 is 0.955. The van der Waals surface area contributed by atoms with Gasteiger partial charge in [0.05, 0.1) is 10.4 Å². The molecule has 0 fully saturated rings. The number of rotatable bonds is 6. The van der Waals surface area contributed by atoms with Crippen LogP contribution >= 0.6 is 11.3 Å². The highest BCUT2D eigenvalue weighted by Crippen LogP contribution is 2.32. The average Bonchev–Trinajstić information content (AvgIpc) is 2.76. The van der Waals surface area contributed by atoms with Crippen LogP contribution in [-0.4, -0.2) is 17.4 Å². The fraction of sp³-hybridized carbons (Fsp3) is 0.429. The SMILES string of the molecule is CCCCCCNC(=O)c1sc2cnccc2c1N. The summed E-state index contributed by atoms with van der Waals surface area (Å²) in [7, 11) is 0. The number of nitrogens with two attached hydrogens (primary N) is 1. The van der Waals surface area contributed by atoms with E-state index in [0.717, 1.165) is 22.9 Å². The molecule has 0 aliphatic heterocycles. The molecule has 2 heterocycles. The Labute approximate surface area is 117 Å². The van der Waals surface area contributed by atoms with E-state index in [4.69, 9.17) is 5.73 Å². The molecule has 5 heteroatoms. The van der Waals surface area contributed by atoms with Crippen LogP contribution in [0.4, 0.5) is 5.69 Å². The molecule has 0 radical (unpaired) electrons. The summed E-state index contributed by atoms with van der Waals surface area (Å²) in [6.07, 6.45) is 8.03. The highest BCUT2D eigenvalue weighted by Gasteiger charge is 2.15. The van der Waals surface area contributed by atoms with Crippen LogP contribution in [0.1, 0.15) is 42.3 Å². The molecule has 0 spiro atoms. The van der Waals surface area contributed by atoms with Crippen molar-refractivity contribution in [1.29, 1.82) is 0 Å². The quantitative estimate of drug-likeness (QED) is 0.797. The van der Waals surface area contributed by atoms with E-state index in [0.29, 0.717) is 17.1 Å². The molecule has 2 aromatic heterocycles. The second kappa shape index (κ2) is 6.52. The maximum Gasteiger partial charge on any atom is 0.263 e. The Morgan fingerprint density at radius 1 is 1.42 bits per heavy atom. The molecule has 0 atom stereocenters. The van der Waals surface area contributed by atoms with Crippen molar-refractivity contribution < 1.29 is 4.79 Å². The van der Waals surface area contributed by atoms with Crippen molar-refractivity contribution in [3.63, 3.8) is 0 Å². The Balaban J connectivity index is 1.99. The van der Waals surface area contributed by atoms with Crippen molar-refractivity contribution in [2.24, 2.45) is 0 Å². The summed E-state index contributed by atoms with van der Waals surface area (Å²) in [4.78, 5) is 16.7. The van der Waals surface area contributed by atoms with E-state index in [9.17, 15) is 4.79 Å². The van der Waals surface area contributed by atoms with Crippen LogP contribution in [-0.2, 0) is 0 Å². The van der Waals surface area contributed by atoms with Gasteiger partial charge in [0, 0.05) is 24.3 Å². The van der Waals surface area contributed by atoms with E-state index in [1.165, 1.54) is 24.2 Å². The number of fused-ring (bicyclic) bond motifs is 1. The molecule has 4 nitrogen and oxygen atoms in total. The summed E-state index contributed by atoms with van der Waals surface area (Å²) in [6, 6.07) is 1.85. The van der Waals surface area contributed by atoms with Crippen molar-refractivity contribution in [2.75, 3.05) is 12.3 Å². The minimum atomic E-state index is -0.0739. The van der Waals surface area contributed by atoms with Crippen LogP contribution < -0.4 is 11.1 Å². The number of nitrogens with zero attached hydrogens (tertiary/aromatic N) is 1. The van der Waals surface area contributed by atoms with Crippen molar-refractivity contribution in [3.8, 4) is 0 Å². The summed E-state index contributed by atoms with van der Waals surface area (Å²) in [5.41, 5.74) is 6.58. The smallest absolute Gasteiger partial charge is 0.263 e. The van der Waals surface area contributed by atoms with Gasteiger partial charge >= 0.3 is 0 Å². The van der Waals surface area contributed by atoms with Gasteiger partial charge in [-0.3, -0.25) is 9.78 Å². The third-order valence-corrected chi connectivity index (χ3v) is 4.21. The monoisotopic (exact) mass is 277 g/mol. The maximum absolute atomic E-state index is 12.1. The standard InChI is InChI=1S/C14H19N3OS/c1-2-3-4-5-7-17-14(18)13-12(15)10-6-8-16-9-11(10)19-13/h6,8-9H,2-5,7,15H2,1H3,(H,17,18). The van der Waals surface area contributed by atoms with Crippen molar-refractivity contribution in [1.82, 2.24) is 10.3 Å². The molecular formula is C14H19N3OS. The van der Waals surface area contributed by atoms with Gasteiger partial charge in [0.1, 0.15) is 4.88 Å². The second-order valence-electron chi connectivity index (χ2n) is 4.53. The first-order valence-electron chi connectivity index (χ1n) is 6.64. The van der Waals surface area contributed by atoms with Crippen LogP contribution in [0.5, 0.6) is 0 Å². The lowest BCUT2D eigenvalue weighted by Gasteiger charge is -2.03. The summed E-state index contributed by atoms with van der Waals surface area (Å²) in [5.74, 6) is -0.0739. The predicted molar refractivity (Wildman–Crippen MR) is 80.5 cm³/mol. The number of nitrogens with one attached hydrogen (secondary N) is 1. The van der Waals surface area contributed by atoms with Crippen LogP contribution in [0.15, 0.2) is 18.5 Å². The molecule has 0 aliphatic rings. The summed E-state index contributed by atoms with van der Waals surface area (Å²) in [5, 5.41) is 3.84. The maximum atomic E-state index is 12.1. The van der Waals surface area contributed by atoms with Gasteiger partial charge in [-0.1, -0.05) is 26.2 Å². The number of aromatic nitrogens is 1. The van der Waals surface area contributed by atoms with E-state index in [-0.39, 0.29) is 5.91 Å². The van der Waals surface area contributed by atoms with E-state index in [1.54, 1.807) is 12.4 Å². The van der Waals surface area contributed by atoms with Gasteiger partial charge in [-0.25, -0.2) is 0 Å². The number of hydrogen-bond acceptors (Lipinski definition) is 4. The van der Waals surface area contributed by atoms with Gasteiger partial charge in [0.2, 0.25) is 0 Å². The molecule has 0 aromatic carbocycles. The first kappa shape index (κ1) is 13.8. The fourth-order valence-corrected chi connectivity index (χ4v) is 2.98. The van der Waals surface area contributed by atoms with Gasteiger partial charge in [-0.05, 0) is 12.5 Å². The second-order valence-corrected chi connectivity index (χ2v) is 5.59. The number of carbonyl (C=O) groups excluding carboxylic acids is 1. The predicted octanol–water partition coefficient (Wildman–Crippen LogP) is 3.19. The molecule has 2 aromatic rings. The van der Waals surface area contributed by atoms with Gasteiger partial charge in [0.15, 0.2) is 0 Å². The Bertz CT molecular complexity index is 565. The van der Waals surface area contributed by atoms with Crippen LogP contribution in [0, 0.1) is 0 Å². The molecule has 3 N–H and O–H groups in total. The lowest BCUT2D eigenvalue weighted by atomic mass is 10.2. The normalized spacial score (nSPS) is 10.8. The fourth-order valence-electron chi connectivity index (χ4n) is 1.97. The van der Waals surface area contributed by atoms with Crippen molar-refractivity contribution >= 4 is 33.0 Å². The molecule has 1 amide bonds. The first-order valence-corrected chi connectivity index (χ1v) is 7.46. The van der Waals surface area contributed by atoms with Gasteiger partial charge < -0.3 is 11.1 Å². The van der Waals surface area contributed by atoms with Crippen LogP contribution in [0.2, 0.25) is 0 Å². The first-order chi connectivity index (χ1) is 9.24. The summed E-state index contributed by atoms with van der Waals surface area (Å²) in [6.45, 7) is 2.88. The zero-order chi connectivity index (χ0) is 13.7. The molecule has 0 saturated heterocycles. The number of anilines is 1. The zero-order valence-electron chi connectivity index (χ0n) is 11.1. The number of carbonyl (C=O) groups is 1. The summed E-state index contributed by atoms with van der Waals surface area (Å²) >= 11 is 1.40. The lowest BCUT2D eigenvalue weighted by molar-refractivity contribution is 0.0958. The molecular weight excluding hydrogens is 258 g/mol. The third-order valence-electron chi connectivity index (χ3n) is 3.05. The highest BCUT2D eigenvalue weighted by atomic mass is 32.1. The average molecular weight is 277 g/mol. The zero-order valence-corrected chi connectivity index (χ0v) is 11.9. The minimum Gasteiger partial charge on any atom is -0.397 e. The van der Waals surface area contributed by atoms with E-state index < -0.39 is 0 Å². The molecule has 0 saturated carbocycles. The number of amides is 1. The Morgan fingerprint density at radius 2 is 2.26 bits per heavy atom. The Hall–Kier alpha value is -1.62. The van der Waals surface area contributed by atoms with Crippen LogP contribution in [0.25, 0.3) is 10.1 Å². The van der Waals surface area contributed by atoms with Gasteiger partial charge in [0.25, 0.3) is 5.91 Å². The molecule has 0 aliphatic carbocycles. The van der Waals surface area contributed by atoms with Gasteiger partial charge in [-0.2, -0.15) is 0 Å². The molecule has 0 bridgehead atoms. The van der Waals surface area contributed by atoms with Gasteiger partial charge in [-0.15, -0.1) is 11.3 Å². The minimum absolute atomic E-state index is 0.0739. The number of hydrogen-bond donors (Lipinski definition) is 2. The topological polar surface area (TPSA) is 68.0 Å². The van der Waals surface area contributed by atoms with E-state index in [2.05, 4.69) is 17.2 Å².